The van der Waals surface area contributed by atoms with Gasteiger partial charge in [0.15, 0.2) is 0 Å². The Morgan fingerprint density at radius 3 is 2.83 bits per heavy atom. The summed E-state index contributed by atoms with van der Waals surface area (Å²) >= 11 is 0. The Balaban J connectivity index is 1.42. The molecule has 4 rings (SSSR count). The van der Waals surface area contributed by atoms with Crippen LogP contribution in [0.5, 0.6) is 0 Å². The second-order valence-corrected chi connectivity index (χ2v) is 6.34. The first-order valence-corrected chi connectivity index (χ1v) is 8.02. The molecule has 0 unspecified atom stereocenters. The van der Waals surface area contributed by atoms with E-state index in [9.17, 15) is 9.59 Å². The van der Waals surface area contributed by atoms with E-state index in [1.807, 2.05) is 37.3 Å². The molecule has 0 atom stereocenters. The van der Waals surface area contributed by atoms with E-state index in [0.717, 1.165) is 16.6 Å². The van der Waals surface area contributed by atoms with Crippen LogP contribution in [0.3, 0.4) is 0 Å². The quantitative estimate of drug-likeness (QED) is 0.799. The van der Waals surface area contributed by atoms with Gasteiger partial charge in [-0.05, 0) is 25.1 Å². The first-order chi connectivity index (χ1) is 11.6. The number of aromatic nitrogens is 3. The summed E-state index contributed by atoms with van der Waals surface area (Å²) in [6.07, 6.45) is 0. The molecule has 0 bridgehead atoms. The van der Waals surface area contributed by atoms with E-state index in [1.54, 1.807) is 11.0 Å². The molecule has 6 heteroatoms. The maximum absolute atomic E-state index is 12.5. The molecule has 6 nitrogen and oxygen atoms in total. The number of para-hydroxylation sites is 1. The van der Waals surface area contributed by atoms with Gasteiger partial charge >= 0.3 is 0 Å². The van der Waals surface area contributed by atoms with E-state index < -0.39 is 0 Å². The van der Waals surface area contributed by atoms with Gasteiger partial charge < -0.3 is 9.88 Å². The first-order valence-electron chi connectivity index (χ1n) is 8.02. The van der Waals surface area contributed by atoms with Crippen molar-refractivity contribution in [3.05, 3.63) is 64.2 Å². The van der Waals surface area contributed by atoms with Crippen LogP contribution in [0.2, 0.25) is 0 Å². The van der Waals surface area contributed by atoms with Gasteiger partial charge in [0.05, 0.1) is 12.2 Å². The van der Waals surface area contributed by atoms with Crippen molar-refractivity contribution in [1.82, 2.24) is 19.7 Å². The zero-order chi connectivity index (χ0) is 16.7. The second-order valence-electron chi connectivity index (χ2n) is 6.34. The average molecular weight is 322 g/mol. The highest BCUT2D eigenvalue weighted by atomic mass is 16.2. The lowest BCUT2D eigenvalue weighted by Gasteiger charge is -2.39. The number of carbonyl (C=O) groups is 1. The highest BCUT2D eigenvalue weighted by Crippen LogP contribution is 2.22. The molecule has 0 spiro atoms. The molecule has 3 aromatic rings. The van der Waals surface area contributed by atoms with Gasteiger partial charge in [-0.1, -0.05) is 18.2 Å². The zero-order valence-electron chi connectivity index (χ0n) is 13.4. The van der Waals surface area contributed by atoms with Crippen molar-refractivity contribution in [3.8, 4) is 0 Å². The monoisotopic (exact) mass is 322 g/mol. The van der Waals surface area contributed by atoms with Crippen LogP contribution in [0, 0.1) is 12.8 Å². The zero-order valence-corrected chi connectivity index (χ0v) is 13.4. The Bertz CT molecular complexity index is 933. The van der Waals surface area contributed by atoms with Crippen LogP contribution in [0.4, 0.5) is 0 Å². The van der Waals surface area contributed by atoms with E-state index in [0.29, 0.717) is 25.3 Å². The Morgan fingerprint density at radius 2 is 2.04 bits per heavy atom. The fourth-order valence-electron chi connectivity index (χ4n) is 3.14. The number of H-pyrrole nitrogens is 1. The van der Waals surface area contributed by atoms with Crippen LogP contribution in [0.1, 0.15) is 16.2 Å². The SMILES string of the molecule is Cc1ccc(=O)n(CC2CN(C(=O)c3cc4ccccc4[nH]3)C2)n1. The Hall–Kier alpha value is -2.89. The second kappa shape index (κ2) is 5.63. The van der Waals surface area contributed by atoms with Gasteiger partial charge in [-0.15, -0.1) is 0 Å². The predicted molar refractivity (Wildman–Crippen MR) is 90.9 cm³/mol. The van der Waals surface area contributed by atoms with Crippen LogP contribution in [0.25, 0.3) is 10.9 Å². The topological polar surface area (TPSA) is 71.0 Å². The summed E-state index contributed by atoms with van der Waals surface area (Å²) in [7, 11) is 0. The van der Waals surface area contributed by atoms with E-state index in [2.05, 4.69) is 10.1 Å². The number of nitrogens with one attached hydrogen (secondary N) is 1. The largest absolute Gasteiger partial charge is 0.351 e. The van der Waals surface area contributed by atoms with Gasteiger partial charge in [0, 0.05) is 36.0 Å². The van der Waals surface area contributed by atoms with Gasteiger partial charge in [-0.2, -0.15) is 5.10 Å². The third-order valence-electron chi connectivity index (χ3n) is 4.44. The number of nitrogens with zero attached hydrogens (tertiary/aromatic N) is 3. The number of likely N-dealkylation sites (tertiary alicyclic amines) is 1. The van der Waals surface area contributed by atoms with Crippen LogP contribution in [-0.2, 0) is 6.54 Å². The Kier molecular flexibility index (Phi) is 3.45. The molecule has 1 saturated heterocycles. The molecule has 24 heavy (non-hydrogen) atoms. The Labute approximate surface area is 138 Å². The van der Waals surface area contributed by atoms with Gasteiger partial charge in [-0.25, -0.2) is 4.68 Å². The van der Waals surface area contributed by atoms with Crippen molar-refractivity contribution in [1.29, 1.82) is 0 Å². The molecule has 1 aliphatic rings. The van der Waals surface area contributed by atoms with E-state index in [4.69, 9.17) is 0 Å². The van der Waals surface area contributed by atoms with Crippen LogP contribution in [-0.4, -0.2) is 38.7 Å². The number of amides is 1. The molecule has 0 saturated carbocycles. The van der Waals surface area contributed by atoms with Crippen molar-refractivity contribution in [2.45, 2.75) is 13.5 Å². The molecule has 1 aromatic carbocycles. The van der Waals surface area contributed by atoms with Crippen molar-refractivity contribution in [2.24, 2.45) is 5.92 Å². The molecular weight excluding hydrogens is 304 g/mol. The summed E-state index contributed by atoms with van der Waals surface area (Å²) in [5, 5.41) is 5.28. The van der Waals surface area contributed by atoms with E-state index in [1.165, 1.54) is 10.7 Å². The van der Waals surface area contributed by atoms with Crippen LogP contribution in [0.15, 0.2) is 47.3 Å². The highest BCUT2D eigenvalue weighted by Gasteiger charge is 2.32. The fourth-order valence-corrected chi connectivity index (χ4v) is 3.14. The standard InChI is InChI=1S/C18H18N4O2/c1-12-6-7-17(23)22(20-12)11-13-9-21(10-13)18(24)16-8-14-4-2-3-5-15(14)19-16/h2-8,13,19H,9-11H2,1H3. The summed E-state index contributed by atoms with van der Waals surface area (Å²) < 4.78 is 1.49. The minimum absolute atomic E-state index is 0.00648. The molecule has 1 fully saturated rings. The molecule has 1 aliphatic heterocycles. The summed E-state index contributed by atoms with van der Waals surface area (Å²) in [5.74, 6) is 0.275. The fraction of sp³-hybridized carbons (Fsp3) is 0.278. The lowest BCUT2D eigenvalue weighted by atomic mass is 9.99. The third-order valence-corrected chi connectivity index (χ3v) is 4.44. The third kappa shape index (κ3) is 2.60. The lowest BCUT2D eigenvalue weighted by molar-refractivity contribution is 0.0453. The molecule has 3 heterocycles. The number of aromatic amines is 1. The molecule has 2 aromatic heterocycles. The highest BCUT2D eigenvalue weighted by molar-refractivity contribution is 5.98. The maximum Gasteiger partial charge on any atom is 0.270 e. The maximum atomic E-state index is 12.5. The summed E-state index contributed by atoms with van der Waals surface area (Å²) in [4.78, 5) is 29.3. The number of hydrogen-bond donors (Lipinski definition) is 1. The number of aryl methyl sites for hydroxylation is 1. The molecular formula is C18H18N4O2. The predicted octanol–water partition coefficient (Wildman–Crippen LogP) is 1.81. The number of benzene rings is 1. The van der Waals surface area contributed by atoms with Crippen molar-refractivity contribution in [2.75, 3.05) is 13.1 Å². The smallest absolute Gasteiger partial charge is 0.270 e. The number of carbonyl (C=O) groups excluding carboxylic acids is 1. The van der Waals surface area contributed by atoms with Gasteiger partial charge in [0.1, 0.15) is 5.69 Å². The van der Waals surface area contributed by atoms with Crippen LogP contribution >= 0.6 is 0 Å². The van der Waals surface area contributed by atoms with Gasteiger partial charge in [0.2, 0.25) is 0 Å². The van der Waals surface area contributed by atoms with E-state index in [-0.39, 0.29) is 17.4 Å². The minimum atomic E-state index is -0.0963. The lowest BCUT2D eigenvalue weighted by Crippen LogP contribution is -2.52. The Morgan fingerprint density at radius 1 is 1.25 bits per heavy atom. The van der Waals surface area contributed by atoms with Gasteiger partial charge in [0.25, 0.3) is 11.5 Å². The van der Waals surface area contributed by atoms with Crippen molar-refractivity contribution in [3.63, 3.8) is 0 Å². The number of hydrogen-bond acceptors (Lipinski definition) is 3. The molecule has 0 aliphatic carbocycles. The summed E-state index contributed by atoms with van der Waals surface area (Å²) in [6.45, 7) is 3.71. The average Bonchev–Trinajstić information content (AvgIpc) is 2.97. The number of rotatable bonds is 3. The van der Waals surface area contributed by atoms with Crippen LogP contribution < -0.4 is 5.56 Å². The first kappa shape index (κ1) is 14.7. The van der Waals surface area contributed by atoms with Gasteiger partial charge in [-0.3, -0.25) is 9.59 Å². The number of fused-ring (bicyclic) bond motifs is 1. The molecule has 122 valence electrons. The minimum Gasteiger partial charge on any atom is -0.351 e. The van der Waals surface area contributed by atoms with Crippen molar-refractivity contribution >= 4 is 16.8 Å². The molecule has 0 radical (unpaired) electrons. The summed E-state index contributed by atoms with van der Waals surface area (Å²) in [6, 6.07) is 13.0. The summed E-state index contributed by atoms with van der Waals surface area (Å²) in [5.41, 5.74) is 2.30. The normalized spacial score (nSPS) is 14.8. The molecule has 1 N–H and O–H groups in total. The molecule has 1 amide bonds. The van der Waals surface area contributed by atoms with Crippen molar-refractivity contribution < 1.29 is 4.79 Å². The van der Waals surface area contributed by atoms with E-state index >= 15 is 0 Å².